The molecule has 0 aliphatic carbocycles. The van der Waals surface area contributed by atoms with Crippen molar-refractivity contribution in [2.75, 3.05) is 39.5 Å². The minimum atomic E-state index is -0.514. The van der Waals surface area contributed by atoms with Gasteiger partial charge in [-0.05, 0) is 55.7 Å². The molecule has 34 heavy (non-hydrogen) atoms. The summed E-state index contributed by atoms with van der Waals surface area (Å²) in [5.41, 5.74) is 4.31. The van der Waals surface area contributed by atoms with Gasteiger partial charge in [0.05, 0.1) is 18.6 Å². The van der Waals surface area contributed by atoms with E-state index in [1.54, 1.807) is 0 Å². The van der Waals surface area contributed by atoms with Gasteiger partial charge < -0.3 is 14.4 Å². The maximum absolute atomic E-state index is 14.2. The molecule has 1 aromatic heterocycles. The van der Waals surface area contributed by atoms with Crippen molar-refractivity contribution in [1.29, 1.82) is 0 Å². The third-order valence-corrected chi connectivity index (χ3v) is 7.38. The smallest absolute Gasteiger partial charge is 0.233 e. The van der Waals surface area contributed by atoms with E-state index in [1.165, 1.54) is 22.1 Å². The van der Waals surface area contributed by atoms with Gasteiger partial charge in [-0.15, -0.1) is 0 Å². The van der Waals surface area contributed by atoms with Crippen LogP contribution in [0.2, 0.25) is 0 Å². The average molecular weight is 459 g/mol. The van der Waals surface area contributed by atoms with Crippen LogP contribution in [0.15, 0.2) is 54.9 Å². The van der Waals surface area contributed by atoms with Gasteiger partial charge >= 0.3 is 0 Å². The molecule has 0 spiro atoms. The Hall–Kier alpha value is -2.76. The highest BCUT2D eigenvalue weighted by Crippen LogP contribution is 2.38. The lowest BCUT2D eigenvalue weighted by Crippen LogP contribution is -2.51. The van der Waals surface area contributed by atoms with Crippen molar-refractivity contribution in [2.24, 2.45) is 5.92 Å². The van der Waals surface area contributed by atoms with Crippen LogP contribution in [0.4, 0.5) is 0 Å². The number of carbonyl (C=O) groups excluding carboxylic acids is 1. The molecule has 2 aliphatic heterocycles. The Labute approximate surface area is 202 Å². The minimum absolute atomic E-state index is 0.237. The second kappa shape index (κ2) is 9.85. The first-order valence-corrected chi connectivity index (χ1v) is 12.4. The molecule has 0 N–H and O–H groups in total. The number of hydrogen-bond donors (Lipinski definition) is 0. The first-order valence-electron chi connectivity index (χ1n) is 12.4. The highest BCUT2D eigenvalue weighted by Gasteiger charge is 2.44. The predicted molar refractivity (Wildman–Crippen MR) is 134 cm³/mol. The first-order chi connectivity index (χ1) is 16.5. The molecule has 0 unspecified atom stereocenters. The van der Waals surface area contributed by atoms with E-state index >= 15 is 0 Å². The largest absolute Gasteiger partial charge is 0.381 e. The Bertz CT molecular complexity index is 1150. The van der Waals surface area contributed by atoms with Crippen LogP contribution in [0.3, 0.4) is 0 Å². The van der Waals surface area contributed by atoms with Gasteiger partial charge in [0.15, 0.2) is 0 Å². The molecule has 2 saturated heterocycles. The summed E-state index contributed by atoms with van der Waals surface area (Å²) in [4.78, 5) is 20.5. The Morgan fingerprint density at radius 1 is 1.00 bits per heavy atom. The molecule has 178 valence electrons. The van der Waals surface area contributed by atoms with Crippen LogP contribution in [0, 0.1) is 19.8 Å². The third kappa shape index (κ3) is 4.73. The fourth-order valence-corrected chi connectivity index (χ4v) is 5.68. The Kier molecular flexibility index (Phi) is 6.66. The molecular weight excluding hydrogens is 424 g/mol. The number of pyridine rings is 1. The predicted octanol–water partition coefficient (Wildman–Crippen LogP) is 4.62. The topological polar surface area (TPSA) is 51.7 Å². The summed E-state index contributed by atoms with van der Waals surface area (Å²) in [5, 5.41) is 2.35. The SMILES string of the molecule is Cc1cc(C)cc(C2(C(=O)N3CCOC[C@@H](Cc4ccc5cnccc5c4)C3)CCOCC2)c1. The van der Waals surface area contributed by atoms with Crippen molar-refractivity contribution in [3.8, 4) is 0 Å². The normalized spacial score (nSPS) is 20.8. The number of carbonyl (C=O) groups is 1. The maximum Gasteiger partial charge on any atom is 0.233 e. The molecule has 3 heterocycles. The quantitative estimate of drug-likeness (QED) is 0.573. The zero-order valence-electron chi connectivity index (χ0n) is 20.3. The zero-order chi connectivity index (χ0) is 23.5. The van der Waals surface area contributed by atoms with Crippen molar-refractivity contribution in [3.05, 3.63) is 77.1 Å². The van der Waals surface area contributed by atoms with Crippen molar-refractivity contribution in [3.63, 3.8) is 0 Å². The maximum atomic E-state index is 14.2. The molecular formula is C29H34N2O3. The number of ether oxygens (including phenoxy) is 2. The molecule has 5 heteroatoms. The Balaban J connectivity index is 1.39. The lowest BCUT2D eigenvalue weighted by molar-refractivity contribution is -0.141. The number of fused-ring (bicyclic) bond motifs is 1. The van der Waals surface area contributed by atoms with Crippen LogP contribution < -0.4 is 0 Å². The standard InChI is InChI=1S/C29H34N2O3/c1-21-13-22(2)15-27(14-21)29(6-10-33-11-7-29)28(32)31-9-12-34-20-24(19-31)16-23-3-4-26-18-30-8-5-25(26)17-23/h3-5,8,13-15,17-18,24H,6-7,9-12,16,19-20H2,1-2H3/t24-/m0/s1. The van der Waals surface area contributed by atoms with E-state index < -0.39 is 5.41 Å². The molecule has 2 aromatic carbocycles. The molecule has 0 bridgehead atoms. The number of rotatable bonds is 4. The van der Waals surface area contributed by atoms with Crippen molar-refractivity contribution in [1.82, 2.24) is 9.88 Å². The van der Waals surface area contributed by atoms with Gasteiger partial charge in [0, 0.05) is 50.0 Å². The van der Waals surface area contributed by atoms with Crippen LogP contribution in [0.1, 0.15) is 35.1 Å². The van der Waals surface area contributed by atoms with Gasteiger partial charge in [0.25, 0.3) is 0 Å². The van der Waals surface area contributed by atoms with Crippen LogP contribution in [0.5, 0.6) is 0 Å². The minimum Gasteiger partial charge on any atom is -0.381 e. The summed E-state index contributed by atoms with van der Waals surface area (Å²) < 4.78 is 11.7. The van der Waals surface area contributed by atoms with Gasteiger partial charge in [-0.2, -0.15) is 0 Å². The Morgan fingerprint density at radius 2 is 1.79 bits per heavy atom. The number of aryl methyl sites for hydroxylation is 2. The van der Waals surface area contributed by atoms with Gasteiger partial charge in [0.1, 0.15) is 0 Å². The lowest BCUT2D eigenvalue weighted by Gasteiger charge is -2.40. The van der Waals surface area contributed by atoms with E-state index in [2.05, 4.69) is 66.2 Å². The molecule has 2 aliphatic rings. The molecule has 3 aromatic rings. The van der Waals surface area contributed by atoms with Crippen LogP contribution in [0.25, 0.3) is 10.8 Å². The van der Waals surface area contributed by atoms with E-state index in [-0.39, 0.29) is 11.8 Å². The van der Waals surface area contributed by atoms with Gasteiger partial charge in [-0.25, -0.2) is 0 Å². The lowest BCUT2D eigenvalue weighted by atomic mass is 9.72. The Morgan fingerprint density at radius 3 is 2.59 bits per heavy atom. The van der Waals surface area contributed by atoms with Crippen LogP contribution in [-0.2, 0) is 26.1 Å². The average Bonchev–Trinajstić information content (AvgIpc) is 3.09. The number of benzene rings is 2. The molecule has 0 radical (unpaired) electrons. The number of hydrogen-bond acceptors (Lipinski definition) is 4. The first kappa shape index (κ1) is 23.0. The second-order valence-corrected chi connectivity index (χ2v) is 10.0. The van der Waals surface area contributed by atoms with Crippen LogP contribution >= 0.6 is 0 Å². The summed E-state index contributed by atoms with van der Waals surface area (Å²) >= 11 is 0. The van der Waals surface area contributed by atoms with Gasteiger partial charge in [-0.3, -0.25) is 9.78 Å². The summed E-state index contributed by atoms with van der Waals surface area (Å²) in [5.74, 6) is 0.503. The molecule has 2 fully saturated rings. The van der Waals surface area contributed by atoms with Crippen molar-refractivity contribution < 1.29 is 14.3 Å². The van der Waals surface area contributed by atoms with E-state index in [4.69, 9.17) is 9.47 Å². The van der Waals surface area contributed by atoms with Gasteiger partial charge in [-0.1, -0.05) is 47.5 Å². The summed E-state index contributed by atoms with van der Waals surface area (Å²) in [6.07, 6.45) is 6.09. The van der Waals surface area contributed by atoms with Crippen LogP contribution in [-0.4, -0.2) is 55.3 Å². The summed E-state index contributed by atoms with van der Waals surface area (Å²) in [6, 6.07) is 15.2. The summed E-state index contributed by atoms with van der Waals surface area (Å²) in [7, 11) is 0. The second-order valence-electron chi connectivity index (χ2n) is 10.0. The number of amides is 1. The monoisotopic (exact) mass is 458 g/mol. The summed E-state index contributed by atoms with van der Waals surface area (Å²) in [6.45, 7) is 8.11. The zero-order valence-corrected chi connectivity index (χ0v) is 20.3. The number of aromatic nitrogens is 1. The van der Waals surface area contributed by atoms with E-state index in [0.29, 0.717) is 33.0 Å². The third-order valence-electron chi connectivity index (χ3n) is 7.38. The molecule has 5 rings (SSSR count). The van der Waals surface area contributed by atoms with E-state index in [0.717, 1.165) is 36.8 Å². The van der Waals surface area contributed by atoms with E-state index in [9.17, 15) is 4.79 Å². The highest BCUT2D eigenvalue weighted by atomic mass is 16.5. The molecule has 1 atom stereocenters. The van der Waals surface area contributed by atoms with E-state index in [1.807, 2.05) is 12.4 Å². The molecule has 1 amide bonds. The fourth-order valence-electron chi connectivity index (χ4n) is 5.68. The molecule has 0 saturated carbocycles. The van der Waals surface area contributed by atoms with Gasteiger partial charge in [0.2, 0.25) is 5.91 Å². The highest BCUT2D eigenvalue weighted by molar-refractivity contribution is 5.88. The number of nitrogens with zero attached hydrogens (tertiary/aromatic N) is 2. The van der Waals surface area contributed by atoms with Crippen molar-refractivity contribution >= 4 is 16.7 Å². The fraction of sp³-hybridized carbons (Fsp3) is 0.448. The van der Waals surface area contributed by atoms with Crippen molar-refractivity contribution in [2.45, 2.75) is 38.5 Å². The molecule has 5 nitrogen and oxygen atoms in total.